The van der Waals surface area contributed by atoms with E-state index in [9.17, 15) is 4.79 Å². The highest BCUT2D eigenvalue weighted by atomic mass is 16.2. The van der Waals surface area contributed by atoms with E-state index in [4.69, 9.17) is 0 Å². The van der Waals surface area contributed by atoms with Crippen molar-refractivity contribution >= 4 is 11.7 Å². The number of aromatic nitrogens is 2. The van der Waals surface area contributed by atoms with Crippen LogP contribution in [0.25, 0.3) is 0 Å². The van der Waals surface area contributed by atoms with Crippen molar-refractivity contribution in [2.24, 2.45) is 0 Å². The number of rotatable bonds is 4. The Morgan fingerprint density at radius 2 is 1.96 bits per heavy atom. The molecule has 0 spiro atoms. The van der Waals surface area contributed by atoms with Gasteiger partial charge in [0.05, 0.1) is 0 Å². The van der Waals surface area contributed by atoms with Gasteiger partial charge in [-0.1, -0.05) is 11.6 Å². The molecule has 1 saturated heterocycles. The number of carbonyl (C=O) groups is 1. The van der Waals surface area contributed by atoms with Gasteiger partial charge in [0.2, 0.25) is 5.82 Å². The second kappa shape index (κ2) is 7.74. The van der Waals surface area contributed by atoms with Crippen molar-refractivity contribution in [2.45, 2.75) is 58.5 Å². The summed E-state index contributed by atoms with van der Waals surface area (Å²) in [6, 6.07) is 1.07. The summed E-state index contributed by atoms with van der Waals surface area (Å²) in [6.07, 6.45) is 7.04. The maximum atomic E-state index is 12.3. The monoisotopic (exact) mass is 357 g/mol. The Balaban J connectivity index is 1.71. The van der Waals surface area contributed by atoms with Gasteiger partial charge in [0.1, 0.15) is 5.82 Å². The zero-order valence-electron chi connectivity index (χ0n) is 16.7. The largest absolute Gasteiger partial charge is 0.355 e. The van der Waals surface area contributed by atoms with Crippen molar-refractivity contribution < 1.29 is 4.79 Å². The fourth-order valence-corrected chi connectivity index (χ4v) is 3.76. The van der Waals surface area contributed by atoms with Crippen LogP contribution in [0.3, 0.4) is 0 Å². The number of hydrogen-bond acceptors (Lipinski definition) is 5. The first-order valence-electron chi connectivity index (χ1n) is 9.58. The number of nitrogens with zero attached hydrogens (tertiary/aromatic N) is 4. The number of amides is 1. The van der Waals surface area contributed by atoms with Crippen LogP contribution in [0.1, 0.15) is 54.5 Å². The van der Waals surface area contributed by atoms with Crippen LogP contribution in [0.4, 0.5) is 5.82 Å². The Morgan fingerprint density at radius 1 is 1.19 bits per heavy atom. The average molecular weight is 358 g/mol. The topological polar surface area (TPSA) is 61.4 Å². The molecule has 1 unspecified atom stereocenters. The molecule has 2 atom stereocenters. The Labute approximate surface area is 156 Å². The van der Waals surface area contributed by atoms with Gasteiger partial charge >= 0.3 is 0 Å². The van der Waals surface area contributed by atoms with E-state index in [1.807, 2.05) is 13.8 Å². The molecule has 0 saturated carbocycles. The predicted molar refractivity (Wildman–Crippen MR) is 105 cm³/mol. The van der Waals surface area contributed by atoms with Crippen molar-refractivity contribution in [3.05, 3.63) is 28.7 Å². The lowest BCUT2D eigenvalue weighted by atomic mass is 9.95. The molecule has 26 heavy (non-hydrogen) atoms. The van der Waals surface area contributed by atoms with E-state index < -0.39 is 0 Å². The van der Waals surface area contributed by atoms with Gasteiger partial charge in [-0.15, -0.1) is 0 Å². The standard InChI is InChI=1S/C20H31N5O/c1-13-6-8-16(9-7-13)22-17-10-11-25(12-17)19-14(2)15(3)21-18(23-19)20(26)24(4)5/h6,16-17,22H,7-12H2,1-5H3/t16?,17-/m1/s1. The molecular formula is C20H31N5O. The maximum Gasteiger partial charge on any atom is 0.291 e. The minimum atomic E-state index is -0.146. The van der Waals surface area contributed by atoms with Crippen LogP contribution in [-0.2, 0) is 0 Å². The Hall–Kier alpha value is -1.95. The Kier molecular flexibility index (Phi) is 5.61. The highest BCUT2D eigenvalue weighted by Crippen LogP contribution is 2.25. The fraction of sp³-hybridized carbons (Fsp3) is 0.650. The normalized spacial score (nSPS) is 23.1. The highest BCUT2D eigenvalue weighted by molar-refractivity contribution is 5.90. The molecule has 1 amide bonds. The van der Waals surface area contributed by atoms with E-state index in [-0.39, 0.29) is 11.7 Å². The molecule has 1 aromatic rings. The van der Waals surface area contributed by atoms with Crippen LogP contribution in [0.5, 0.6) is 0 Å². The Bertz CT molecular complexity index is 712. The van der Waals surface area contributed by atoms with Gasteiger partial charge in [0.25, 0.3) is 5.91 Å². The van der Waals surface area contributed by atoms with E-state index in [0.717, 1.165) is 43.0 Å². The van der Waals surface area contributed by atoms with Gasteiger partial charge in [-0.05, 0) is 46.5 Å². The predicted octanol–water partition coefficient (Wildman–Crippen LogP) is 2.46. The van der Waals surface area contributed by atoms with E-state index in [2.05, 4.69) is 33.2 Å². The molecule has 0 bridgehead atoms. The molecular weight excluding hydrogens is 326 g/mol. The first-order valence-corrected chi connectivity index (χ1v) is 9.58. The smallest absolute Gasteiger partial charge is 0.291 e. The van der Waals surface area contributed by atoms with E-state index in [1.54, 1.807) is 14.1 Å². The number of anilines is 1. The van der Waals surface area contributed by atoms with Crippen molar-refractivity contribution in [3.8, 4) is 0 Å². The number of nitrogens with one attached hydrogen (secondary N) is 1. The summed E-state index contributed by atoms with van der Waals surface area (Å²) < 4.78 is 0. The van der Waals surface area contributed by atoms with Crippen molar-refractivity contribution in [1.82, 2.24) is 20.2 Å². The minimum Gasteiger partial charge on any atom is -0.355 e. The van der Waals surface area contributed by atoms with Crippen LogP contribution in [0.2, 0.25) is 0 Å². The average Bonchev–Trinajstić information content (AvgIpc) is 3.06. The van der Waals surface area contributed by atoms with Crippen LogP contribution in [-0.4, -0.2) is 60.0 Å². The number of hydrogen-bond donors (Lipinski definition) is 1. The van der Waals surface area contributed by atoms with Gasteiger partial charge in [0, 0.05) is 50.5 Å². The quantitative estimate of drug-likeness (QED) is 0.839. The summed E-state index contributed by atoms with van der Waals surface area (Å²) in [5.74, 6) is 1.05. The molecule has 6 nitrogen and oxygen atoms in total. The molecule has 142 valence electrons. The lowest BCUT2D eigenvalue weighted by molar-refractivity contribution is 0.0815. The third-order valence-corrected chi connectivity index (χ3v) is 5.56. The zero-order chi connectivity index (χ0) is 18.8. The molecule has 3 rings (SSSR count). The van der Waals surface area contributed by atoms with Crippen molar-refractivity contribution in [1.29, 1.82) is 0 Å². The molecule has 1 N–H and O–H groups in total. The Morgan fingerprint density at radius 3 is 2.62 bits per heavy atom. The first-order chi connectivity index (χ1) is 12.3. The van der Waals surface area contributed by atoms with Gasteiger partial charge in [0.15, 0.2) is 0 Å². The van der Waals surface area contributed by atoms with E-state index in [0.29, 0.717) is 12.1 Å². The molecule has 1 fully saturated rings. The second-order valence-corrected chi connectivity index (χ2v) is 7.90. The zero-order valence-corrected chi connectivity index (χ0v) is 16.7. The summed E-state index contributed by atoms with van der Waals surface area (Å²) >= 11 is 0. The van der Waals surface area contributed by atoms with E-state index in [1.165, 1.54) is 23.3 Å². The number of carbonyl (C=O) groups excluding carboxylic acids is 1. The molecule has 1 aliphatic carbocycles. The molecule has 0 radical (unpaired) electrons. The number of allylic oxidation sites excluding steroid dienone is 1. The molecule has 0 aromatic carbocycles. The van der Waals surface area contributed by atoms with Gasteiger partial charge in [-0.2, -0.15) is 0 Å². The molecule has 6 heteroatoms. The lowest BCUT2D eigenvalue weighted by Gasteiger charge is -2.26. The molecule has 1 aliphatic heterocycles. The second-order valence-electron chi connectivity index (χ2n) is 7.90. The summed E-state index contributed by atoms with van der Waals surface area (Å²) in [5.41, 5.74) is 3.46. The summed E-state index contributed by atoms with van der Waals surface area (Å²) in [5, 5.41) is 3.82. The SMILES string of the molecule is CC1=CCC(N[C@@H]2CCN(c3nc(C(=O)N(C)C)nc(C)c3C)C2)CC1. The van der Waals surface area contributed by atoms with Gasteiger partial charge in [-0.3, -0.25) is 4.79 Å². The molecule has 2 aliphatic rings. The van der Waals surface area contributed by atoms with Gasteiger partial charge < -0.3 is 15.1 Å². The third kappa shape index (κ3) is 4.06. The van der Waals surface area contributed by atoms with Crippen LogP contribution in [0.15, 0.2) is 11.6 Å². The first kappa shape index (κ1) is 18.8. The summed E-state index contributed by atoms with van der Waals surface area (Å²) in [7, 11) is 3.47. The summed E-state index contributed by atoms with van der Waals surface area (Å²) in [4.78, 5) is 25.1. The fourth-order valence-electron chi connectivity index (χ4n) is 3.76. The van der Waals surface area contributed by atoms with Crippen LogP contribution >= 0.6 is 0 Å². The minimum absolute atomic E-state index is 0.146. The molecule has 2 heterocycles. The maximum absolute atomic E-state index is 12.3. The lowest BCUT2D eigenvalue weighted by Crippen LogP contribution is -2.41. The van der Waals surface area contributed by atoms with E-state index >= 15 is 0 Å². The van der Waals surface area contributed by atoms with Crippen LogP contribution in [0, 0.1) is 13.8 Å². The summed E-state index contributed by atoms with van der Waals surface area (Å²) in [6.45, 7) is 8.12. The van der Waals surface area contributed by atoms with Gasteiger partial charge in [-0.25, -0.2) is 9.97 Å². The van der Waals surface area contributed by atoms with Crippen molar-refractivity contribution in [2.75, 3.05) is 32.1 Å². The number of aryl methyl sites for hydroxylation is 1. The highest BCUT2D eigenvalue weighted by Gasteiger charge is 2.28. The molecule has 1 aromatic heterocycles. The van der Waals surface area contributed by atoms with Crippen molar-refractivity contribution in [3.63, 3.8) is 0 Å². The third-order valence-electron chi connectivity index (χ3n) is 5.56. The van der Waals surface area contributed by atoms with Crippen LogP contribution < -0.4 is 10.2 Å².